The van der Waals surface area contributed by atoms with Crippen molar-refractivity contribution in [1.29, 1.82) is 0 Å². The molecule has 2 atom stereocenters. The number of unbranched alkanes of at least 4 members (excludes halogenated alkanes) is 2. The van der Waals surface area contributed by atoms with Gasteiger partial charge in [-0.2, -0.15) is 0 Å². The molecule has 0 spiro atoms. The van der Waals surface area contributed by atoms with Gasteiger partial charge < -0.3 is 15.3 Å². The number of fused-ring (bicyclic) bond motifs is 1. The molecule has 2 N–H and O–H groups in total. The lowest BCUT2D eigenvalue weighted by atomic mass is 9.70. The maximum Gasteiger partial charge on any atom is 0.228 e. The van der Waals surface area contributed by atoms with Crippen LogP contribution in [0.5, 0.6) is 0 Å². The zero-order valence-electron chi connectivity index (χ0n) is 40.7. The van der Waals surface area contributed by atoms with Gasteiger partial charge >= 0.3 is 0 Å². The van der Waals surface area contributed by atoms with Crippen LogP contribution in [0.15, 0.2) is 128 Å². The third-order valence-electron chi connectivity index (χ3n) is 15.2. The molecule has 10 heteroatoms. The molecular weight excluding hydrogens is 893 g/mol. The fourth-order valence-corrected chi connectivity index (χ4v) is 11.2. The van der Waals surface area contributed by atoms with Gasteiger partial charge in [0.25, 0.3) is 0 Å². The van der Waals surface area contributed by atoms with Gasteiger partial charge in [-0.3, -0.25) is 24.1 Å². The molecule has 1 amide bonds. The second-order valence-corrected chi connectivity index (χ2v) is 20.0. The van der Waals surface area contributed by atoms with Crippen LogP contribution in [-0.4, -0.2) is 70.9 Å². The first kappa shape index (κ1) is 52.9. The molecule has 2 aliphatic heterocycles. The molecule has 1 saturated carbocycles. The van der Waals surface area contributed by atoms with Crippen molar-refractivity contribution in [3.8, 4) is 0 Å². The quantitative estimate of drug-likeness (QED) is 0.0795. The summed E-state index contributed by atoms with van der Waals surface area (Å²) < 4.78 is 27.3. The number of nitrogens with zero attached hydrogens (tertiary/aromatic N) is 2. The number of halogens is 2. The maximum absolute atomic E-state index is 13.7. The summed E-state index contributed by atoms with van der Waals surface area (Å²) in [6, 6.07) is 34.9. The number of nitrogens with one attached hydrogen (secondary N) is 1. The van der Waals surface area contributed by atoms with Gasteiger partial charge in [0, 0.05) is 55.8 Å². The Kier molecular flexibility index (Phi) is 17.9. The summed E-state index contributed by atoms with van der Waals surface area (Å²) in [5.41, 5.74) is 7.41. The van der Waals surface area contributed by atoms with E-state index in [0.29, 0.717) is 47.6 Å². The van der Waals surface area contributed by atoms with Gasteiger partial charge in [0.2, 0.25) is 5.91 Å². The summed E-state index contributed by atoms with van der Waals surface area (Å²) in [6.07, 6.45) is 9.98. The van der Waals surface area contributed by atoms with E-state index in [2.05, 4.69) is 84.1 Å². The summed E-state index contributed by atoms with van der Waals surface area (Å²) in [5, 5.41) is 14.4. The number of allylic oxidation sites excluding steroid dienone is 1. The predicted octanol–water partition coefficient (Wildman–Crippen LogP) is 11.8. The molecule has 2 heterocycles. The van der Waals surface area contributed by atoms with Crippen molar-refractivity contribution in [2.75, 3.05) is 32.7 Å². The van der Waals surface area contributed by atoms with Crippen LogP contribution < -0.4 is 5.32 Å². The number of piperidine rings is 1. The zero-order chi connectivity index (χ0) is 49.4. The minimum Gasteiger partial charge on any atom is -0.380 e. The lowest BCUT2D eigenvalue weighted by molar-refractivity contribution is -0.126. The van der Waals surface area contributed by atoms with Crippen LogP contribution in [-0.2, 0) is 21.6 Å². The molecule has 2 saturated heterocycles. The second-order valence-electron chi connectivity index (χ2n) is 20.0. The molecule has 9 rings (SSSR count). The molecule has 3 fully saturated rings. The fourth-order valence-electron chi connectivity index (χ4n) is 11.2. The zero-order valence-corrected chi connectivity index (χ0v) is 40.7. The number of benzene rings is 5. The standard InChI is InChI=1S/C39H41F2N3O4.C21H26O.CH4/c1-25-9-18-33(39(48)42-25)35-37(46)32-8-5-6-28(34(32)38(35)47)24-31(45)7-3-2-4-19-43-20-22-44(23-21-43)36(26-10-14-29(40)15-11-26)27-12-16-30(41)17-13-27;1-16-8-12-19(13-9-16)21(22,18-6-4-3-5-7-18)20-14-10-17(2)11-15-20;/h5-6,8,10-17,33,35-36H,1-4,7,9,18-24H2,(H,42,48);8-15,18,22H,3-7H2,1-2H3;1H4. The van der Waals surface area contributed by atoms with Gasteiger partial charge in [0.1, 0.15) is 23.0 Å². The number of aryl methyl sites for hydroxylation is 2. The number of carbonyl (C=O) groups is 4. The SMILES string of the molecule is C.C=C1CCC(C2C(=O)c3cccc(CC(=O)CCCCCN4CCN(C(c5ccc(F)cc5)c5ccc(F)cc5)CC4)c3C2=O)C(=O)N1.Cc1ccc(C(O)(c2ccc(C)cc2)C2CCCCC2)cc1. The highest BCUT2D eigenvalue weighted by Gasteiger charge is 2.48. The third kappa shape index (κ3) is 12.4. The summed E-state index contributed by atoms with van der Waals surface area (Å²) in [7, 11) is 0. The van der Waals surface area contributed by atoms with Crippen molar-refractivity contribution in [2.24, 2.45) is 17.8 Å². The van der Waals surface area contributed by atoms with Crippen LogP contribution in [0, 0.1) is 43.2 Å². The molecule has 0 bridgehead atoms. The Balaban J connectivity index is 0.000000269. The van der Waals surface area contributed by atoms with Gasteiger partial charge in [0.05, 0.1) is 17.9 Å². The van der Waals surface area contributed by atoms with Gasteiger partial charge in [-0.05, 0) is 117 Å². The molecule has 5 aromatic rings. The first-order chi connectivity index (χ1) is 33.8. The van der Waals surface area contributed by atoms with Crippen molar-refractivity contribution >= 4 is 23.3 Å². The molecule has 71 heavy (non-hydrogen) atoms. The number of amides is 1. The van der Waals surface area contributed by atoms with Crippen molar-refractivity contribution < 1.29 is 33.1 Å². The summed E-state index contributed by atoms with van der Waals surface area (Å²) in [6.45, 7) is 12.3. The number of Topliss-reactive ketones (excluding diaryl/α,β-unsaturated/α-hetero) is 3. The molecule has 2 unspecified atom stereocenters. The highest BCUT2D eigenvalue weighted by atomic mass is 19.1. The van der Waals surface area contributed by atoms with Gasteiger partial charge in [0.15, 0.2) is 11.6 Å². The Bertz CT molecular complexity index is 2540. The number of hydrogen-bond donors (Lipinski definition) is 2. The number of ketones is 3. The second kappa shape index (κ2) is 24.0. The van der Waals surface area contributed by atoms with Crippen molar-refractivity contribution in [2.45, 2.75) is 110 Å². The van der Waals surface area contributed by atoms with E-state index in [1.807, 2.05) is 0 Å². The number of hydrogen-bond acceptors (Lipinski definition) is 7. The highest BCUT2D eigenvalue weighted by molar-refractivity contribution is 6.28. The van der Waals surface area contributed by atoms with Crippen LogP contribution in [0.4, 0.5) is 8.78 Å². The molecule has 374 valence electrons. The molecule has 5 aromatic carbocycles. The predicted molar refractivity (Wildman–Crippen MR) is 277 cm³/mol. The smallest absolute Gasteiger partial charge is 0.228 e. The van der Waals surface area contributed by atoms with E-state index in [1.165, 1.54) is 54.7 Å². The molecule has 4 aliphatic rings. The highest BCUT2D eigenvalue weighted by Crippen LogP contribution is 2.44. The Labute approximate surface area is 419 Å². The van der Waals surface area contributed by atoms with E-state index in [0.717, 1.165) is 87.1 Å². The van der Waals surface area contributed by atoms with E-state index in [9.17, 15) is 33.1 Å². The van der Waals surface area contributed by atoms with E-state index in [-0.39, 0.29) is 54.8 Å². The first-order valence-corrected chi connectivity index (χ1v) is 25.3. The molecule has 0 radical (unpaired) electrons. The number of aliphatic hydroxyl groups is 1. The van der Waals surface area contributed by atoms with Crippen LogP contribution in [0.1, 0.15) is 144 Å². The monoisotopic (exact) mass is 964 g/mol. The van der Waals surface area contributed by atoms with Gasteiger partial charge in [-0.15, -0.1) is 0 Å². The van der Waals surface area contributed by atoms with Crippen molar-refractivity contribution in [3.63, 3.8) is 0 Å². The summed E-state index contributed by atoms with van der Waals surface area (Å²) in [5.74, 6) is -3.03. The van der Waals surface area contributed by atoms with Crippen molar-refractivity contribution in [1.82, 2.24) is 15.1 Å². The summed E-state index contributed by atoms with van der Waals surface area (Å²) >= 11 is 0. The van der Waals surface area contributed by atoms with E-state index < -0.39 is 17.4 Å². The normalized spacial score (nSPS) is 18.9. The van der Waals surface area contributed by atoms with Gasteiger partial charge in [-0.1, -0.05) is 142 Å². The fraction of sp³-hybridized carbons (Fsp3) is 0.410. The Morgan fingerprint density at radius 2 is 1.28 bits per heavy atom. The number of carbonyl (C=O) groups excluding carboxylic acids is 4. The Morgan fingerprint density at radius 1 is 0.718 bits per heavy atom. The van der Waals surface area contributed by atoms with Crippen LogP contribution in [0.25, 0.3) is 0 Å². The molecule has 0 aromatic heterocycles. The largest absolute Gasteiger partial charge is 0.380 e. The minimum atomic E-state index is -1.04. The lowest BCUT2D eigenvalue weighted by Gasteiger charge is -2.40. The average Bonchev–Trinajstić information content (AvgIpc) is 3.62. The molecule has 8 nitrogen and oxygen atoms in total. The van der Waals surface area contributed by atoms with E-state index in [1.54, 1.807) is 42.5 Å². The number of rotatable bonds is 15. The molecular formula is C61H71F2N3O5. The number of piperazine rings is 1. The van der Waals surface area contributed by atoms with Gasteiger partial charge in [-0.25, -0.2) is 8.78 Å². The Hall–Kier alpha value is -5.94. The molecule has 2 aliphatic carbocycles. The Morgan fingerprint density at radius 3 is 1.83 bits per heavy atom. The van der Waals surface area contributed by atoms with E-state index >= 15 is 0 Å². The average molecular weight is 964 g/mol. The minimum absolute atomic E-state index is 0. The van der Waals surface area contributed by atoms with Crippen LogP contribution >= 0.6 is 0 Å². The summed E-state index contributed by atoms with van der Waals surface area (Å²) in [4.78, 5) is 57.0. The topological polar surface area (TPSA) is 107 Å². The third-order valence-corrected chi connectivity index (χ3v) is 15.2. The maximum atomic E-state index is 13.7. The van der Waals surface area contributed by atoms with E-state index in [4.69, 9.17) is 0 Å². The van der Waals surface area contributed by atoms with Crippen LogP contribution in [0.2, 0.25) is 0 Å². The van der Waals surface area contributed by atoms with Crippen molar-refractivity contribution in [3.05, 3.63) is 189 Å². The van der Waals surface area contributed by atoms with Crippen LogP contribution in [0.3, 0.4) is 0 Å². The first-order valence-electron chi connectivity index (χ1n) is 25.3. The lowest BCUT2D eigenvalue weighted by Crippen LogP contribution is -2.48.